The Labute approximate surface area is 118 Å². The van der Waals surface area contributed by atoms with Crippen molar-refractivity contribution in [1.29, 1.82) is 0 Å². The van der Waals surface area contributed by atoms with E-state index in [2.05, 4.69) is 5.32 Å². The topological polar surface area (TPSA) is 49.4 Å². The number of amides is 2. The third-order valence-corrected chi connectivity index (χ3v) is 3.63. The highest BCUT2D eigenvalue weighted by atomic mass is 19.1. The SMILES string of the molecule is CCCC1NC(=O)C(C)N(c2ccc(C)c(F)c2)C1=O. The lowest BCUT2D eigenvalue weighted by Crippen LogP contribution is -2.62. The fraction of sp³-hybridized carbons (Fsp3) is 0.467. The van der Waals surface area contributed by atoms with Gasteiger partial charge in [0.1, 0.15) is 17.9 Å². The Morgan fingerprint density at radius 1 is 1.35 bits per heavy atom. The molecule has 1 aliphatic rings. The third kappa shape index (κ3) is 2.53. The van der Waals surface area contributed by atoms with Crippen molar-refractivity contribution in [3.63, 3.8) is 0 Å². The van der Waals surface area contributed by atoms with Crippen LogP contribution in [0.15, 0.2) is 18.2 Å². The van der Waals surface area contributed by atoms with E-state index in [9.17, 15) is 14.0 Å². The van der Waals surface area contributed by atoms with E-state index in [1.165, 1.54) is 11.0 Å². The Morgan fingerprint density at radius 2 is 2.05 bits per heavy atom. The molecule has 0 spiro atoms. The van der Waals surface area contributed by atoms with Crippen LogP contribution in [0.25, 0.3) is 0 Å². The highest BCUT2D eigenvalue weighted by Crippen LogP contribution is 2.24. The fourth-order valence-electron chi connectivity index (χ4n) is 2.40. The van der Waals surface area contributed by atoms with Crippen molar-refractivity contribution < 1.29 is 14.0 Å². The number of halogens is 1. The summed E-state index contributed by atoms with van der Waals surface area (Å²) >= 11 is 0. The number of hydrogen-bond donors (Lipinski definition) is 1. The maximum atomic E-state index is 13.7. The van der Waals surface area contributed by atoms with Crippen LogP contribution in [-0.4, -0.2) is 23.9 Å². The summed E-state index contributed by atoms with van der Waals surface area (Å²) in [4.78, 5) is 25.8. The normalized spacial score (nSPS) is 22.9. The molecule has 1 aromatic rings. The van der Waals surface area contributed by atoms with Crippen LogP contribution in [0.1, 0.15) is 32.3 Å². The minimum absolute atomic E-state index is 0.179. The number of piperazine rings is 1. The van der Waals surface area contributed by atoms with Gasteiger partial charge in [0.15, 0.2) is 0 Å². The van der Waals surface area contributed by atoms with Gasteiger partial charge in [0.25, 0.3) is 0 Å². The number of anilines is 1. The van der Waals surface area contributed by atoms with Crippen molar-refractivity contribution in [3.8, 4) is 0 Å². The lowest BCUT2D eigenvalue weighted by atomic mass is 10.0. The van der Waals surface area contributed by atoms with Crippen LogP contribution in [0.4, 0.5) is 10.1 Å². The first-order valence-electron chi connectivity index (χ1n) is 6.85. The van der Waals surface area contributed by atoms with E-state index in [4.69, 9.17) is 0 Å². The van der Waals surface area contributed by atoms with E-state index in [1.54, 1.807) is 26.0 Å². The zero-order valence-corrected chi connectivity index (χ0v) is 11.9. The number of aryl methyl sites for hydroxylation is 1. The van der Waals surface area contributed by atoms with Crippen LogP contribution in [0.3, 0.4) is 0 Å². The van der Waals surface area contributed by atoms with Crippen molar-refractivity contribution in [2.24, 2.45) is 0 Å². The molecule has 0 aliphatic carbocycles. The second-order valence-corrected chi connectivity index (χ2v) is 5.17. The van der Waals surface area contributed by atoms with E-state index >= 15 is 0 Å². The number of carbonyl (C=O) groups is 2. The summed E-state index contributed by atoms with van der Waals surface area (Å²) in [6.07, 6.45) is 1.38. The van der Waals surface area contributed by atoms with Crippen LogP contribution in [0.2, 0.25) is 0 Å². The Hall–Kier alpha value is -1.91. The van der Waals surface area contributed by atoms with Crippen molar-refractivity contribution in [2.75, 3.05) is 4.90 Å². The van der Waals surface area contributed by atoms with Gasteiger partial charge in [-0.2, -0.15) is 0 Å². The Bertz CT molecular complexity index is 545. The van der Waals surface area contributed by atoms with E-state index < -0.39 is 12.1 Å². The van der Waals surface area contributed by atoms with Gasteiger partial charge in [-0.1, -0.05) is 19.4 Å². The summed E-state index contributed by atoms with van der Waals surface area (Å²) < 4.78 is 13.7. The molecule has 1 heterocycles. The Balaban J connectivity index is 2.37. The molecule has 2 unspecified atom stereocenters. The number of nitrogens with zero attached hydrogens (tertiary/aromatic N) is 1. The Kier molecular flexibility index (Phi) is 4.06. The van der Waals surface area contributed by atoms with Crippen LogP contribution >= 0.6 is 0 Å². The van der Waals surface area contributed by atoms with Gasteiger partial charge in [0.2, 0.25) is 11.8 Å². The summed E-state index contributed by atoms with van der Waals surface area (Å²) in [6, 6.07) is 3.46. The van der Waals surface area contributed by atoms with Crippen molar-refractivity contribution in [3.05, 3.63) is 29.6 Å². The van der Waals surface area contributed by atoms with Gasteiger partial charge in [-0.3, -0.25) is 14.5 Å². The first-order chi connectivity index (χ1) is 9.45. The lowest BCUT2D eigenvalue weighted by molar-refractivity contribution is -0.133. The molecule has 0 aromatic heterocycles. The summed E-state index contributed by atoms with van der Waals surface area (Å²) in [6.45, 7) is 5.26. The van der Waals surface area contributed by atoms with Crippen LogP contribution < -0.4 is 10.2 Å². The van der Waals surface area contributed by atoms with Gasteiger partial charge < -0.3 is 5.32 Å². The molecule has 0 radical (unpaired) electrons. The van der Waals surface area contributed by atoms with Gasteiger partial charge in [-0.05, 0) is 38.0 Å². The molecule has 1 N–H and O–H groups in total. The molecule has 1 saturated heterocycles. The summed E-state index contributed by atoms with van der Waals surface area (Å²) in [5.74, 6) is -0.758. The van der Waals surface area contributed by atoms with E-state index in [0.717, 1.165) is 6.42 Å². The van der Waals surface area contributed by atoms with Crippen LogP contribution in [0, 0.1) is 12.7 Å². The van der Waals surface area contributed by atoms with Gasteiger partial charge in [0, 0.05) is 5.69 Å². The van der Waals surface area contributed by atoms with Crippen molar-refractivity contribution in [1.82, 2.24) is 5.32 Å². The van der Waals surface area contributed by atoms with E-state index in [-0.39, 0.29) is 17.6 Å². The molecule has 0 saturated carbocycles. The first kappa shape index (κ1) is 14.5. The largest absolute Gasteiger partial charge is 0.342 e. The molecule has 2 amide bonds. The van der Waals surface area contributed by atoms with Gasteiger partial charge in [0.05, 0.1) is 0 Å². The quantitative estimate of drug-likeness (QED) is 0.921. The Morgan fingerprint density at radius 3 is 2.65 bits per heavy atom. The molecule has 5 heteroatoms. The number of rotatable bonds is 3. The molecule has 20 heavy (non-hydrogen) atoms. The second-order valence-electron chi connectivity index (χ2n) is 5.17. The molecule has 2 rings (SSSR count). The minimum Gasteiger partial charge on any atom is -0.342 e. The number of carbonyl (C=O) groups excluding carboxylic acids is 2. The summed E-state index contributed by atoms with van der Waals surface area (Å²) in [7, 11) is 0. The molecule has 1 aliphatic heterocycles. The zero-order chi connectivity index (χ0) is 14.9. The number of hydrogen-bond acceptors (Lipinski definition) is 2. The fourth-order valence-corrected chi connectivity index (χ4v) is 2.40. The standard InChI is InChI=1S/C15H19FN2O2/c1-4-5-13-15(20)18(10(3)14(19)17-13)11-7-6-9(2)12(16)8-11/h6-8,10,13H,4-5H2,1-3H3,(H,17,19). The van der Waals surface area contributed by atoms with Crippen LogP contribution in [0.5, 0.6) is 0 Å². The third-order valence-electron chi connectivity index (χ3n) is 3.63. The zero-order valence-electron chi connectivity index (χ0n) is 11.9. The minimum atomic E-state index is -0.627. The predicted octanol–water partition coefficient (Wildman–Crippen LogP) is 2.15. The molecule has 4 nitrogen and oxygen atoms in total. The molecule has 1 fully saturated rings. The van der Waals surface area contributed by atoms with Crippen molar-refractivity contribution >= 4 is 17.5 Å². The first-order valence-corrected chi connectivity index (χ1v) is 6.85. The molecular weight excluding hydrogens is 259 g/mol. The van der Waals surface area contributed by atoms with Gasteiger partial charge >= 0.3 is 0 Å². The van der Waals surface area contributed by atoms with Gasteiger partial charge in [-0.15, -0.1) is 0 Å². The maximum Gasteiger partial charge on any atom is 0.250 e. The van der Waals surface area contributed by atoms with E-state index in [1.807, 2.05) is 6.92 Å². The lowest BCUT2D eigenvalue weighted by Gasteiger charge is -2.37. The highest BCUT2D eigenvalue weighted by Gasteiger charge is 2.38. The maximum absolute atomic E-state index is 13.7. The van der Waals surface area contributed by atoms with E-state index in [0.29, 0.717) is 17.7 Å². The monoisotopic (exact) mass is 278 g/mol. The number of benzene rings is 1. The smallest absolute Gasteiger partial charge is 0.250 e. The predicted molar refractivity (Wildman–Crippen MR) is 74.9 cm³/mol. The average Bonchev–Trinajstić information content (AvgIpc) is 2.40. The summed E-state index contributed by atoms with van der Waals surface area (Å²) in [5, 5.41) is 2.72. The molecule has 1 aromatic carbocycles. The molecule has 0 bridgehead atoms. The average molecular weight is 278 g/mol. The number of nitrogens with one attached hydrogen (secondary N) is 1. The van der Waals surface area contributed by atoms with Crippen LogP contribution in [-0.2, 0) is 9.59 Å². The summed E-state index contributed by atoms with van der Waals surface area (Å²) in [5.41, 5.74) is 0.946. The molecule has 2 atom stereocenters. The molecular formula is C15H19FN2O2. The highest BCUT2D eigenvalue weighted by molar-refractivity contribution is 6.08. The molecule has 108 valence electrons. The second kappa shape index (κ2) is 5.61. The van der Waals surface area contributed by atoms with Crippen molar-refractivity contribution in [2.45, 2.75) is 45.7 Å². The van der Waals surface area contributed by atoms with Gasteiger partial charge in [-0.25, -0.2) is 4.39 Å².